The van der Waals surface area contributed by atoms with Gasteiger partial charge in [-0.05, 0) is 31.2 Å². The summed E-state index contributed by atoms with van der Waals surface area (Å²) in [4.78, 5) is 4.24. The number of nitrogens with zero attached hydrogens (tertiary/aromatic N) is 2. The Balaban J connectivity index is 2.25. The van der Waals surface area contributed by atoms with Gasteiger partial charge in [0.15, 0.2) is 11.5 Å². The summed E-state index contributed by atoms with van der Waals surface area (Å²) < 4.78 is 11.1. The molecule has 0 N–H and O–H groups in total. The summed E-state index contributed by atoms with van der Waals surface area (Å²) in [7, 11) is 1.57. The Morgan fingerprint density at radius 2 is 2.05 bits per heavy atom. The molecule has 2 rings (SSSR count). The van der Waals surface area contributed by atoms with Gasteiger partial charge in [0, 0.05) is 12.3 Å². The molecule has 0 fully saturated rings. The summed E-state index contributed by atoms with van der Waals surface area (Å²) in [5.74, 6) is 1.14. The molecule has 19 heavy (non-hydrogen) atoms. The Morgan fingerprint density at radius 3 is 2.68 bits per heavy atom. The van der Waals surface area contributed by atoms with Crippen molar-refractivity contribution in [3.63, 3.8) is 0 Å². The lowest BCUT2D eigenvalue weighted by molar-refractivity contribution is 0.211. The molecule has 0 aliphatic carbocycles. The Labute approximate surface area is 112 Å². The number of methoxy groups -OCH3 is 1. The molecule has 4 heteroatoms. The van der Waals surface area contributed by atoms with Gasteiger partial charge in [0.25, 0.3) is 0 Å². The smallest absolute Gasteiger partial charge is 0.163 e. The average Bonchev–Trinajstić information content (AvgIpc) is 2.48. The number of pyridine rings is 1. The van der Waals surface area contributed by atoms with Gasteiger partial charge in [0.2, 0.25) is 0 Å². The molecule has 4 nitrogen and oxygen atoms in total. The molecule has 1 heterocycles. The molecule has 96 valence electrons. The van der Waals surface area contributed by atoms with Crippen LogP contribution in [0.2, 0.25) is 0 Å². The highest BCUT2D eigenvalue weighted by Gasteiger charge is 2.12. The molecule has 1 aromatic heterocycles. The quantitative estimate of drug-likeness (QED) is 0.841. The van der Waals surface area contributed by atoms with E-state index in [0.717, 1.165) is 5.69 Å². The Morgan fingerprint density at radius 1 is 1.21 bits per heavy atom. The second-order valence-corrected chi connectivity index (χ2v) is 3.99. The second kappa shape index (κ2) is 5.87. The summed E-state index contributed by atoms with van der Waals surface area (Å²) in [5.41, 5.74) is 1.36. The van der Waals surface area contributed by atoms with Crippen molar-refractivity contribution >= 4 is 0 Å². The number of rotatable bonds is 4. The predicted molar refractivity (Wildman–Crippen MR) is 71.0 cm³/mol. The van der Waals surface area contributed by atoms with Crippen LogP contribution in [0.5, 0.6) is 11.5 Å². The van der Waals surface area contributed by atoms with Crippen LogP contribution in [0.1, 0.15) is 24.3 Å². The lowest BCUT2D eigenvalue weighted by atomic mass is 10.2. The first-order valence-electron chi connectivity index (χ1n) is 5.90. The van der Waals surface area contributed by atoms with Crippen molar-refractivity contribution in [2.24, 2.45) is 0 Å². The van der Waals surface area contributed by atoms with E-state index >= 15 is 0 Å². The zero-order valence-corrected chi connectivity index (χ0v) is 10.8. The molecule has 0 saturated heterocycles. The van der Waals surface area contributed by atoms with Gasteiger partial charge in [-0.2, -0.15) is 5.26 Å². The van der Waals surface area contributed by atoms with Crippen molar-refractivity contribution in [1.82, 2.24) is 4.98 Å². The van der Waals surface area contributed by atoms with Crippen LogP contribution < -0.4 is 9.47 Å². The molecule has 2 aromatic rings. The largest absolute Gasteiger partial charge is 0.493 e. The summed E-state index contributed by atoms with van der Waals surface area (Å²) >= 11 is 0. The zero-order valence-electron chi connectivity index (χ0n) is 10.8. The molecule has 1 atom stereocenters. The first-order valence-corrected chi connectivity index (χ1v) is 5.90. The maximum absolute atomic E-state index is 8.92. The fraction of sp³-hybridized carbons (Fsp3) is 0.200. The van der Waals surface area contributed by atoms with Crippen LogP contribution in [0.3, 0.4) is 0 Å². The third kappa shape index (κ3) is 3.02. The molecule has 0 aliphatic heterocycles. The van der Waals surface area contributed by atoms with E-state index in [1.807, 2.05) is 25.1 Å². The number of hydrogen-bond acceptors (Lipinski definition) is 4. The minimum absolute atomic E-state index is 0.218. The molecule has 0 amide bonds. The SMILES string of the molecule is COc1ccc(C#N)cc1OC(C)c1ccccn1. The maximum atomic E-state index is 8.92. The van der Waals surface area contributed by atoms with Crippen molar-refractivity contribution in [3.05, 3.63) is 53.9 Å². The van der Waals surface area contributed by atoms with Crippen molar-refractivity contribution in [3.8, 4) is 17.6 Å². The fourth-order valence-corrected chi connectivity index (χ4v) is 1.71. The van der Waals surface area contributed by atoms with Crippen molar-refractivity contribution in [2.75, 3.05) is 7.11 Å². The Hall–Kier alpha value is -2.54. The average molecular weight is 254 g/mol. The van der Waals surface area contributed by atoms with Gasteiger partial charge in [-0.25, -0.2) is 0 Å². The molecule has 1 unspecified atom stereocenters. The first-order chi connectivity index (χ1) is 9.24. The number of hydrogen-bond donors (Lipinski definition) is 0. The molecule has 0 saturated carbocycles. The van der Waals surface area contributed by atoms with E-state index in [9.17, 15) is 0 Å². The number of aromatic nitrogens is 1. The lowest BCUT2D eigenvalue weighted by Gasteiger charge is -2.16. The van der Waals surface area contributed by atoms with E-state index in [-0.39, 0.29) is 6.10 Å². The maximum Gasteiger partial charge on any atom is 0.163 e. The monoisotopic (exact) mass is 254 g/mol. The van der Waals surface area contributed by atoms with Gasteiger partial charge in [-0.3, -0.25) is 4.98 Å². The number of nitriles is 1. The number of ether oxygens (including phenoxy) is 2. The molecule has 0 spiro atoms. The normalized spacial score (nSPS) is 11.4. The third-order valence-corrected chi connectivity index (χ3v) is 2.70. The van der Waals surface area contributed by atoms with Crippen LogP contribution >= 0.6 is 0 Å². The van der Waals surface area contributed by atoms with Crippen LogP contribution in [0.25, 0.3) is 0 Å². The Bertz CT molecular complexity index is 591. The fourth-order valence-electron chi connectivity index (χ4n) is 1.71. The molecular formula is C15H14N2O2. The van der Waals surface area contributed by atoms with Crippen molar-refractivity contribution in [2.45, 2.75) is 13.0 Å². The molecular weight excluding hydrogens is 240 g/mol. The van der Waals surface area contributed by atoms with Crippen LogP contribution in [0.15, 0.2) is 42.6 Å². The molecule has 1 aromatic carbocycles. The predicted octanol–water partition coefficient (Wildman–Crippen LogP) is 3.10. The van der Waals surface area contributed by atoms with Gasteiger partial charge in [0.1, 0.15) is 6.10 Å². The zero-order chi connectivity index (χ0) is 13.7. The summed E-state index contributed by atoms with van der Waals surface area (Å²) in [6, 6.07) is 12.8. The van der Waals surface area contributed by atoms with Crippen molar-refractivity contribution in [1.29, 1.82) is 5.26 Å². The van der Waals surface area contributed by atoms with E-state index < -0.39 is 0 Å². The third-order valence-electron chi connectivity index (χ3n) is 2.70. The van der Waals surface area contributed by atoms with Gasteiger partial charge in [-0.1, -0.05) is 6.07 Å². The van der Waals surface area contributed by atoms with Gasteiger partial charge >= 0.3 is 0 Å². The van der Waals surface area contributed by atoms with Gasteiger partial charge in [-0.15, -0.1) is 0 Å². The summed E-state index contributed by atoms with van der Waals surface area (Å²) in [6.07, 6.45) is 1.50. The second-order valence-electron chi connectivity index (χ2n) is 3.99. The number of benzene rings is 1. The first kappa shape index (κ1) is 12.9. The summed E-state index contributed by atoms with van der Waals surface area (Å²) in [6.45, 7) is 1.90. The minimum Gasteiger partial charge on any atom is -0.493 e. The van der Waals surface area contributed by atoms with Crippen LogP contribution in [-0.4, -0.2) is 12.1 Å². The molecule has 0 radical (unpaired) electrons. The highest BCUT2D eigenvalue weighted by atomic mass is 16.5. The topological polar surface area (TPSA) is 55.1 Å². The van der Waals surface area contributed by atoms with E-state index in [1.165, 1.54) is 0 Å². The minimum atomic E-state index is -0.218. The van der Waals surface area contributed by atoms with E-state index in [1.54, 1.807) is 31.5 Å². The van der Waals surface area contributed by atoms with Gasteiger partial charge in [0.05, 0.1) is 24.4 Å². The lowest BCUT2D eigenvalue weighted by Crippen LogP contribution is -2.06. The van der Waals surface area contributed by atoms with Crippen LogP contribution in [0.4, 0.5) is 0 Å². The van der Waals surface area contributed by atoms with E-state index in [2.05, 4.69) is 11.1 Å². The highest BCUT2D eigenvalue weighted by molar-refractivity contribution is 5.46. The van der Waals surface area contributed by atoms with E-state index in [0.29, 0.717) is 17.1 Å². The van der Waals surface area contributed by atoms with Crippen LogP contribution in [0, 0.1) is 11.3 Å². The van der Waals surface area contributed by atoms with Crippen molar-refractivity contribution < 1.29 is 9.47 Å². The van der Waals surface area contributed by atoms with E-state index in [4.69, 9.17) is 14.7 Å². The standard InChI is InChI=1S/C15H14N2O2/c1-11(13-5-3-4-8-17-13)19-15-9-12(10-16)6-7-14(15)18-2/h3-9,11H,1-2H3. The Kier molecular flexibility index (Phi) is 3.99. The van der Waals surface area contributed by atoms with Gasteiger partial charge < -0.3 is 9.47 Å². The molecule has 0 bridgehead atoms. The highest BCUT2D eigenvalue weighted by Crippen LogP contribution is 2.31. The summed E-state index contributed by atoms with van der Waals surface area (Å²) in [5, 5.41) is 8.92. The molecule has 0 aliphatic rings. The van der Waals surface area contributed by atoms with Crippen LogP contribution in [-0.2, 0) is 0 Å².